The van der Waals surface area contributed by atoms with Gasteiger partial charge in [-0.05, 0) is 55.8 Å². The summed E-state index contributed by atoms with van der Waals surface area (Å²) < 4.78 is 52.3. The van der Waals surface area contributed by atoms with Crippen molar-refractivity contribution in [1.29, 1.82) is 0 Å². The number of phenolic OH excluding ortho intramolecular Hbond substituents is 1. The van der Waals surface area contributed by atoms with Gasteiger partial charge in [-0.1, -0.05) is 12.1 Å². The summed E-state index contributed by atoms with van der Waals surface area (Å²) in [5.74, 6) is -1.09. The first-order valence-electron chi connectivity index (χ1n) is 14.8. The first-order chi connectivity index (χ1) is 20.4. The Morgan fingerprint density at radius 1 is 1.10 bits per heavy atom. The maximum absolute atomic E-state index is 16.6. The highest BCUT2D eigenvalue weighted by Gasteiger charge is 2.49. The van der Waals surface area contributed by atoms with Crippen molar-refractivity contribution in [2.75, 3.05) is 37.7 Å². The van der Waals surface area contributed by atoms with E-state index in [0.717, 1.165) is 51.0 Å². The fourth-order valence-electron chi connectivity index (χ4n) is 7.84. The number of phenols is 1. The molecule has 2 N–H and O–H groups in total. The summed E-state index contributed by atoms with van der Waals surface area (Å²) in [7, 11) is 0. The third-order valence-corrected chi connectivity index (χ3v) is 9.72. The van der Waals surface area contributed by atoms with Crippen LogP contribution in [0.25, 0.3) is 32.9 Å². The van der Waals surface area contributed by atoms with Crippen molar-refractivity contribution >= 4 is 27.4 Å². The van der Waals surface area contributed by atoms with Crippen LogP contribution in [0.2, 0.25) is 0 Å². The van der Waals surface area contributed by atoms with E-state index in [1.165, 1.54) is 18.2 Å². The van der Waals surface area contributed by atoms with Gasteiger partial charge in [0.05, 0.1) is 11.2 Å². The van der Waals surface area contributed by atoms with E-state index in [1.807, 2.05) is 6.07 Å². The highest BCUT2D eigenvalue weighted by Crippen LogP contribution is 2.42. The van der Waals surface area contributed by atoms with Crippen LogP contribution in [0, 0.1) is 11.6 Å². The van der Waals surface area contributed by atoms with E-state index in [1.54, 1.807) is 18.3 Å². The number of anilines is 1. The quantitative estimate of drug-likeness (QED) is 0.333. The molecule has 4 atom stereocenters. The van der Waals surface area contributed by atoms with Crippen molar-refractivity contribution in [3.63, 3.8) is 0 Å². The molecule has 0 saturated carbocycles. The van der Waals surface area contributed by atoms with Gasteiger partial charge in [0, 0.05) is 66.7 Å². The van der Waals surface area contributed by atoms with E-state index in [4.69, 9.17) is 4.74 Å². The molecule has 0 aliphatic carbocycles. The Balaban J connectivity index is 1.26. The number of aromatic hydroxyl groups is 1. The number of rotatable bonds is 5. The number of hydrogen-bond donors (Lipinski definition) is 2. The molecule has 10 heteroatoms. The zero-order valence-corrected chi connectivity index (χ0v) is 23.1. The third kappa shape index (κ3) is 4.18. The molecule has 4 aromatic rings. The van der Waals surface area contributed by atoms with Crippen LogP contribution in [0.4, 0.5) is 18.9 Å². The van der Waals surface area contributed by atoms with E-state index in [2.05, 4.69) is 25.1 Å². The average Bonchev–Trinajstić information content (AvgIpc) is 3.61. The first kappa shape index (κ1) is 26.0. The summed E-state index contributed by atoms with van der Waals surface area (Å²) >= 11 is 0. The summed E-state index contributed by atoms with van der Waals surface area (Å²) in [6.45, 7) is 3.08. The van der Waals surface area contributed by atoms with Gasteiger partial charge in [-0.3, -0.25) is 9.88 Å². The van der Waals surface area contributed by atoms with Crippen LogP contribution in [0.5, 0.6) is 11.6 Å². The van der Waals surface area contributed by atoms with Crippen molar-refractivity contribution in [3.8, 4) is 22.9 Å². The molecule has 0 radical (unpaired) electrons. The Morgan fingerprint density at radius 3 is 2.76 bits per heavy atom. The maximum Gasteiger partial charge on any atom is 0.216 e. The number of fused-ring (bicyclic) bond motifs is 5. The second-order valence-electron chi connectivity index (χ2n) is 12.4. The lowest BCUT2D eigenvalue weighted by atomic mass is 9.95. The van der Waals surface area contributed by atoms with Gasteiger partial charge in [-0.15, -0.1) is 0 Å². The average molecular weight is 576 g/mol. The molecule has 6 heterocycles. The lowest BCUT2D eigenvalue weighted by Gasteiger charge is -2.35. The van der Waals surface area contributed by atoms with Gasteiger partial charge in [-0.25, -0.2) is 18.2 Å². The number of nitrogens with zero attached hydrogens (tertiary/aromatic N) is 4. The first-order valence-corrected chi connectivity index (χ1v) is 14.8. The van der Waals surface area contributed by atoms with E-state index in [9.17, 15) is 9.50 Å². The third-order valence-electron chi connectivity index (χ3n) is 9.72. The molecule has 4 aliphatic heterocycles. The fourth-order valence-corrected chi connectivity index (χ4v) is 7.84. The zero-order chi connectivity index (χ0) is 28.6. The van der Waals surface area contributed by atoms with Crippen LogP contribution < -0.4 is 15.0 Å². The Kier molecular flexibility index (Phi) is 6.01. The largest absolute Gasteiger partial charge is 0.508 e. The fraction of sp³-hybridized carbons (Fsp3) is 0.438. The van der Waals surface area contributed by atoms with Gasteiger partial charge in [0.2, 0.25) is 5.88 Å². The van der Waals surface area contributed by atoms with E-state index in [0.29, 0.717) is 35.8 Å². The van der Waals surface area contributed by atoms with Crippen LogP contribution in [0.3, 0.4) is 0 Å². The number of pyridine rings is 2. The summed E-state index contributed by atoms with van der Waals surface area (Å²) in [5, 5.41) is 15.2. The predicted molar refractivity (Wildman–Crippen MR) is 155 cm³/mol. The normalized spacial score (nSPS) is 27.3. The molecule has 2 unspecified atom stereocenters. The minimum atomic E-state index is -0.881. The Bertz CT molecular complexity index is 1710. The monoisotopic (exact) mass is 575 g/mol. The number of alkyl halides is 1. The summed E-state index contributed by atoms with van der Waals surface area (Å²) in [4.78, 5) is 13.5. The Hall–Kier alpha value is -3.63. The van der Waals surface area contributed by atoms with Crippen molar-refractivity contribution < 1.29 is 23.0 Å². The van der Waals surface area contributed by atoms with E-state index >= 15 is 8.78 Å². The molecule has 42 heavy (non-hydrogen) atoms. The maximum atomic E-state index is 16.6. The molecule has 0 amide bonds. The number of ether oxygens (including phenoxy) is 1. The number of piperazine rings is 1. The van der Waals surface area contributed by atoms with Gasteiger partial charge in [-0.2, -0.15) is 0 Å². The van der Waals surface area contributed by atoms with Gasteiger partial charge in [0.15, 0.2) is 5.82 Å². The molecule has 8 rings (SSSR count). The van der Waals surface area contributed by atoms with Crippen molar-refractivity contribution in [3.05, 3.63) is 54.2 Å². The molecular formula is C32H32F3N5O2. The second-order valence-corrected chi connectivity index (χ2v) is 12.4. The lowest BCUT2D eigenvalue weighted by Crippen LogP contribution is -2.51. The summed E-state index contributed by atoms with van der Waals surface area (Å²) in [5.41, 5.74) is 0.541. The van der Waals surface area contributed by atoms with Gasteiger partial charge >= 0.3 is 0 Å². The van der Waals surface area contributed by atoms with Crippen LogP contribution in [0.15, 0.2) is 42.6 Å². The van der Waals surface area contributed by atoms with Crippen LogP contribution in [-0.4, -0.2) is 76.6 Å². The van der Waals surface area contributed by atoms with Crippen LogP contribution in [0.1, 0.15) is 32.1 Å². The minimum Gasteiger partial charge on any atom is -0.508 e. The molecule has 0 spiro atoms. The van der Waals surface area contributed by atoms with Gasteiger partial charge < -0.3 is 20.1 Å². The Morgan fingerprint density at radius 2 is 1.93 bits per heavy atom. The van der Waals surface area contributed by atoms with Crippen LogP contribution >= 0.6 is 0 Å². The molecular weight excluding hydrogens is 543 g/mol. The highest BCUT2D eigenvalue weighted by atomic mass is 19.1. The van der Waals surface area contributed by atoms with Gasteiger partial charge in [0.1, 0.15) is 35.6 Å². The van der Waals surface area contributed by atoms with E-state index in [-0.39, 0.29) is 45.9 Å². The molecule has 4 aliphatic rings. The zero-order valence-electron chi connectivity index (χ0n) is 23.1. The summed E-state index contributed by atoms with van der Waals surface area (Å²) in [6, 6.07) is 9.84. The van der Waals surface area contributed by atoms with E-state index < -0.39 is 17.8 Å². The molecule has 4 saturated heterocycles. The predicted octanol–water partition coefficient (Wildman–Crippen LogP) is 5.33. The van der Waals surface area contributed by atoms with Crippen LogP contribution in [-0.2, 0) is 0 Å². The molecule has 7 nitrogen and oxygen atoms in total. The molecule has 2 bridgehead atoms. The highest BCUT2D eigenvalue weighted by molar-refractivity contribution is 6.00. The minimum absolute atomic E-state index is 0.0711. The molecule has 2 aromatic heterocycles. The molecule has 2 aromatic carbocycles. The Labute approximate surface area is 241 Å². The second kappa shape index (κ2) is 9.70. The number of benzene rings is 2. The smallest absolute Gasteiger partial charge is 0.216 e. The van der Waals surface area contributed by atoms with Crippen molar-refractivity contribution in [2.45, 2.75) is 55.9 Å². The van der Waals surface area contributed by atoms with Crippen molar-refractivity contribution in [1.82, 2.24) is 20.2 Å². The number of aromatic nitrogens is 2. The number of halogens is 3. The lowest BCUT2D eigenvalue weighted by molar-refractivity contribution is 0.111. The topological polar surface area (TPSA) is 73.8 Å². The standard InChI is InChI=1S/C32H32F3N5O2/c33-19-12-32(7-2-8-40(32)14-19)17-42-27-11-26(39-15-20-5-6-21(16-39)37-20)24-13-36-30(29(35)31(24)38-27)23-10-22(41)9-18-3-1-4-25(34)28(18)23/h1,3-4,9-11,13,19-21,37,41H,2,5-8,12,14-17H2/t19-,20?,21?,32+/m1/s1. The molecule has 4 fully saturated rings. The van der Waals surface area contributed by atoms with Crippen molar-refractivity contribution in [2.24, 2.45) is 0 Å². The summed E-state index contributed by atoms with van der Waals surface area (Å²) in [6.07, 6.45) is 5.15. The number of hydrogen-bond acceptors (Lipinski definition) is 7. The molecule has 218 valence electrons. The SMILES string of the molecule is Oc1cc(-c2ncc3c(N4CC5CCC(C4)N5)cc(OC[C@@]45CCCN4C[C@H](F)C5)nc3c2F)c2c(F)cccc2c1. The van der Waals surface area contributed by atoms with Gasteiger partial charge in [0.25, 0.3) is 0 Å². The number of nitrogens with one attached hydrogen (secondary N) is 1.